The highest BCUT2D eigenvalue weighted by Crippen LogP contribution is 2.18. The first-order chi connectivity index (χ1) is 11.5. The van der Waals surface area contributed by atoms with Gasteiger partial charge in [0, 0.05) is 24.7 Å². The van der Waals surface area contributed by atoms with E-state index in [0.29, 0.717) is 24.7 Å². The van der Waals surface area contributed by atoms with Crippen molar-refractivity contribution in [1.29, 1.82) is 0 Å². The number of hydrogen-bond acceptors (Lipinski definition) is 7. The average molecular weight is 334 g/mol. The van der Waals surface area contributed by atoms with Gasteiger partial charge in [-0.05, 0) is 27.2 Å². The molecule has 0 aliphatic carbocycles. The molecule has 1 fully saturated rings. The Balaban J connectivity index is 1.43. The van der Waals surface area contributed by atoms with E-state index in [4.69, 9.17) is 13.8 Å². The molecule has 0 radical (unpaired) electrons. The summed E-state index contributed by atoms with van der Waals surface area (Å²) in [5.74, 6) is 1.81. The minimum absolute atomic E-state index is 0.102. The Labute approximate surface area is 140 Å². The maximum Gasteiger partial charge on any atom is 0.239 e. The Kier molecular flexibility index (Phi) is 4.96. The molecular weight excluding hydrogens is 312 g/mol. The maximum atomic E-state index is 12.0. The number of nitrogens with one attached hydrogen (secondary N) is 1. The minimum atomic E-state index is -0.102. The molecule has 1 aliphatic rings. The molecular formula is C16H22N4O4. The summed E-state index contributed by atoms with van der Waals surface area (Å²) in [6.07, 6.45) is 1.01. The van der Waals surface area contributed by atoms with Gasteiger partial charge in [0.2, 0.25) is 5.91 Å². The van der Waals surface area contributed by atoms with Gasteiger partial charge in [-0.1, -0.05) is 10.3 Å². The standard InChI is InChI=1S/C16H22N4O4/c1-10-6-15(19-23-10)17-16(21)8-20-5-4-13(7-20)22-9-14-11(2)18-24-12(14)3/h6,13H,4-5,7-9H2,1-3H3,(H,17,19,21). The smallest absolute Gasteiger partial charge is 0.239 e. The molecule has 1 amide bonds. The van der Waals surface area contributed by atoms with Gasteiger partial charge in [-0.15, -0.1) is 0 Å². The van der Waals surface area contributed by atoms with Gasteiger partial charge in [-0.3, -0.25) is 9.69 Å². The quantitative estimate of drug-likeness (QED) is 0.861. The van der Waals surface area contributed by atoms with Gasteiger partial charge in [0.25, 0.3) is 0 Å². The van der Waals surface area contributed by atoms with Crippen LogP contribution in [0.4, 0.5) is 5.82 Å². The van der Waals surface area contributed by atoms with Crippen molar-refractivity contribution in [2.45, 2.75) is 39.9 Å². The molecule has 3 heterocycles. The van der Waals surface area contributed by atoms with E-state index in [1.54, 1.807) is 13.0 Å². The topological polar surface area (TPSA) is 93.6 Å². The van der Waals surface area contributed by atoms with Crippen LogP contribution in [-0.2, 0) is 16.1 Å². The summed E-state index contributed by atoms with van der Waals surface area (Å²) in [7, 11) is 0. The van der Waals surface area contributed by atoms with Gasteiger partial charge in [0.1, 0.15) is 11.5 Å². The predicted octanol–water partition coefficient (Wildman–Crippen LogP) is 1.82. The third-order valence-corrected chi connectivity index (χ3v) is 4.14. The summed E-state index contributed by atoms with van der Waals surface area (Å²) >= 11 is 0. The first-order valence-electron chi connectivity index (χ1n) is 8.00. The summed E-state index contributed by atoms with van der Waals surface area (Å²) < 4.78 is 16.0. The van der Waals surface area contributed by atoms with Crippen molar-refractivity contribution in [2.75, 3.05) is 25.0 Å². The van der Waals surface area contributed by atoms with Crippen LogP contribution in [0.5, 0.6) is 0 Å². The molecule has 130 valence electrons. The SMILES string of the molecule is Cc1cc(NC(=O)CN2CCC(OCc3c(C)noc3C)C2)no1. The summed E-state index contributed by atoms with van der Waals surface area (Å²) in [5, 5.41) is 10.4. The summed E-state index contributed by atoms with van der Waals surface area (Å²) in [5.41, 5.74) is 1.87. The molecule has 8 heteroatoms. The second-order valence-corrected chi connectivity index (χ2v) is 6.13. The lowest BCUT2D eigenvalue weighted by atomic mass is 10.2. The Morgan fingerprint density at radius 1 is 1.38 bits per heavy atom. The van der Waals surface area contributed by atoms with Gasteiger partial charge >= 0.3 is 0 Å². The van der Waals surface area contributed by atoms with Crippen LogP contribution in [0, 0.1) is 20.8 Å². The fraction of sp³-hybridized carbons (Fsp3) is 0.562. The van der Waals surface area contributed by atoms with E-state index in [2.05, 4.69) is 20.5 Å². The highest BCUT2D eigenvalue weighted by atomic mass is 16.5. The first-order valence-corrected chi connectivity index (χ1v) is 8.00. The number of carbonyl (C=O) groups is 1. The predicted molar refractivity (Wildman–Crippen MR) is 85.5 cm³/mol. The molecule has 2 aromatic heterocycles. The number of likely N-dealkylation sites (tertiary alicyclic amines) is 1. The van der Waals surface area contributed by atoms with Crippen molar-refractivity contribution < 1.29 is 18.6 Å². The van der Waals surface area contributed by atoms with Crippen molar-refractivity contribution >= 4 is 11.7 Å². The van der Waals surface area contributed by atoms with Gasteiger partial charge in [0.15, 0.2) is 5.82 Å². The largest absolute Gasteiger partial charge is 0.372 e. The normalized spacial score (nSPS) is 18.2. The van der Waals surface area contributed by atoms with Gasteiger partial charge in [0.05, 0.1) is 24.9 Å². The monoisotopic (exact) mass is 334 g/mol. The van der Waals surface area contributed by atoms with E-state index in [1.807, 2.05) is 13.8 Å². The van der Waals surface area contributed by atoms with Crippen molar-refractivity contribution in [3.63, 3.8) is 0 Å². The van der Waals surface area contributed by atoms with Crippen LogP contribution >= 0.6 is 0 Å². The van der Waals surface area contributed by atoms with Crippen LogP contribution in [0.2, 0.25) is 0 Å². The van der Waals surface area contributed by atoms with Crippen LogP contribution in [0.1, 0.15) is 29.2 Å². The number of carbonyl (C=O) groups excluding carboxylic acids is 1. The Morgan fingerprint density at radius 2 is 2.21 bits per heavy atom. The van der Waals surface area contributed by atoms with E-state index in [9.17, 15) is 4.79 Å². The third-order valence-electron chi connectivity index (χ3n) is 4.14. The number of hydrogen-bond donors (Lipinski definition) is 1. The van der Waals surface area contributed by atoms with Gasteiger partial charge < -0.3 is 19.1 Å². The lowest BCUT2D eigenvalue weighted by molar-refractivity contribution is -0.117. The highest BCUT2D eigenvalue weighted by molar-refractivity contribution is 5.91. The Morgan fingerprint density at radius 3 is 2.88 bits per heavy atom. The number of ether oxygens (including phenoxy) is 1. The van der Waals surface area contributed by atoms with Gasteiger partial charge in [-0.2, -0.15) is 0 Å². The van der Waals surface area contributed by atoms with Crippen LogP contribution in [0.3, 0.4) is 0 Å². The molecule has 24 heavy (non-hydrogen) atoms. The van der Waals surface area contributed by atoms with E-state index >= 15 is 0 Å². The van der Waals surface area contributed by atoms with E-state index in [0.717, 1.165) is 36.5 Å². The molecule has 3 rings (SSSR count). The number of amides is 1. The number of anilines is 1. The first kappa shape index (κ1) is 16.7. The number of aromatic nitrogens is 2. The van der Waals surface area contributed by atoms with E-state index < -0.39 is 0 Å². The highest BCUT2D eigenvalue weighted by Gasteiger charge is 2.25. The van der Waals surface area contributed by atoms with Crippen LogP contribution < -0.4 is 5.32 Å². The molecule has 1 atom stereocenters. The fourth-order valence-corrected chi connectivity index (χ4v) is 2.80. The zero-order chi connectivity index (χ0) is 17.1. The molecule has 8 nitrogen and oxygen atoms in total. The second-order valence-electron chi connectivity index (χ2n) is 6.13. The molecule has 0 spiro atoms. The molecule has 0 saturated carbocycles. The van der Waals surface area contributed by atoms with Gasteiger partial charge in [-0.25, -0.2) is 0 Å². The van der Waals surface area contributed by atoms with Crippen LogP contribution in [0.15, 0.2) is 15.1 Å². The average Bonchev–Trinajstić information content (AvgIpc) is 3.21. The zero-order valence-electron chi connectivity index (χ0n) is 14.2. The van der Waals surface area contributed by atoms with Crippen molar-refractivity contribution in [2.24, 2.45) is 0 Å². The fourth-order valence-electron chi connectivity index (χ4n) is 2.80. The molecule has 0 bridgehead atoms. The lowest BCUT2D eigenvalue weighted by Crippen LogP contribution is -2.32. The van der Waals surface area contributed by atoms with Crippen LogP contribution in [-0.4, -0.2) is 46.9 Å². The number of rotatable bonds is 6. The molecule has 1 N–H and O–H groups in total. The molecule has 2 aromatic rings. The molecule has 0 aromatic carbocycles. The third kappa shape index (κ3) is 4.01. The molecule has 1 unspecified atom stereocenters. The molecule has 1 aliphatic heterocycles. The number of aryl methyl sites for hydroxylation is 3. The van der Waals surface area contributed by atoms with Crippen molar-refractivity contribution in [3.8, 4) is 0 Å². The van der Waals surface area contributed by atoms with Crippen molar-refractivity contribution in [1.82, 2.24) is 15.2 Å². The van der Waals surface area contributed by atoms with Crippen LogP contribution in [0.25, 0.3) is 0 Å². The minimum Gasteiger partial charge on any atom is -0.372 e. The van der Waals surface area contributed by atoms with E-state index in [1.165, 1.54) is 0 Å². The molecule has 1 saturated heterocycles. The Bertz CT molecular complexity index is 689. The second kappa shape index (κ2) is 7.14. The maximum absolute atomic E-state index is 12.0. The summed E-state index contributed by atoms with van der Waals surface area (Å²) in [6.45, 7) is 7.94. The van der Waals surface area contributed by atoms with E-state index in [-0.39, 0.29) is 12.0 Å². The summed E-state index contributed by atoms with van der Waals surface area (Å²) in [4.78, 5) is 14.1. The lowest BCUT2D eigenvalue weighted by Gasteiger charge is -2.15. The number of nitrogens with zero attached hydrogens (tertiary/aromatic N) is 3. The zero-order valence-corrected chi connectivity index (χ0v) is 14.2. The Hall–Kier alpha value is -2.19. The summed E-state index contributed by atoms with van der Waals surface area (Å²) in [6, 6.07) is 1.69. The van der Waals surface area contributed by atoms with Crippen molar-refractivity contribution in [3.05, 3.63) is 28.8 Å².